The lowest BCUT2D eigenvalue weighted by molar-refractivity contribution is -0.274. The first-order chi connectivity index (χ1) is 13.0. The Labute approximate surface area is 159 Å². The number of nitrogens with one attached hydrogen (secondary N) is 2. The van der Waals surface area contributed by atoms with Gasteiger partial charge in [-0.2, -0.15) is 0 Å². The molecule has 0 saturated carbocycles. The van der Waals surface area contributed by atoms with Crippen LogP contribution in [0.15, 0.2) is 47.9 Å². The van der Waals surface area contributed by atoms with Crippen LogP contribution >= 0.6 is 0 Å². The summed E-state index contributed by atoms with van der Waals surface area (Å²) in [5.41, 5.74) is 0. The fourth-order valence-corrected chi connectivity index (χ4v) is 3.34. The predicted molar refractivity (Wildman–Crippen MR) is 92.8 cm³/mol. The number of alkyl halides is 3. The van der Waals surface area contributed by atoms with Gasteiger partial charge in [0.1, 0.15) is 5.75 Å². The number of rotatable bonds is 9. The SMILES string of the molecule is CC(Cn1ccnc1)NC(=O)CCNS(=O)(=O)c1ccc(OC(F)(F)F)cc1. The topological polar surface area (TPSA) is 102 Å². The molecule has 1 heterocycles. The number of ether oxygens (including phenoxy) is 1. The van der Waals surface area contributed by atoms with Gasteiger partial charge in [0, 0.05) is 37.9 Å². The third-order valence-electron chi connectivity index (χ3n) is 3.46. The zero-order valence-electron chi connectivity index (χ0n) is 14.8. The number of halogens is 3. The Morgan fingerprint density at radius 2 is 1.96 bits per heavy atom. The van der Waals surface area contributed by atoms with Crippen molar-refractivity contribution in [2.24, 2.45) is 0 Å². The van der Waals surface area contributed by atoms with E-state index in [1.807, 2.05) is 0 Å². The van der Waals surface area contributed by atoms with E-state index in [9.17, 15) is 26.4 Å². The van der Waals surface area contributed by atoms with Crippen LogP contribution in [-0.4, -0.2) is 42.8 Å². The van der Waals surface area contributed by atoms with Gasteiger partial charge in [0.2, 0.25) is 15.9 Å². The molecule has 2 rings (SSSR count). The zero-order valence-corrected chi connectivity index (χ0v) is 15.6. The van der Waals surface area contributed by atoms with E-state index in [0.29, 0.717) is 6.54 Å². The van der Waals surface area contributed by atoms with Gasteiger partial charge in [-0.3, -0.25) is 4.79 Å². The lowest BCUT2D eigenvalue weighted by Crippen LogP contribution is -2.37. The van der Waals surface area contributed by atoms with E-state index in [1.165, 1.54) is 0 Å². The molecule has 154 valence electrons. The van der Waals surface area contributed by atoms with Gasteiger partial charge in [-0.05, 0) is 31.2 Å². The van der Waals surface area contributed by atoms with E-state index in [2.05, 4.69) is 19.8 Å². The number of aromatic nitrogens is 2. The molecule has 0 aliphatic rings. The van der Waals surface area contributed by atoms with Gasteiger partial charge in [0.25, 0.3) is 0 Å². The maximum Gasteiger partial charge on any atom is 0.573 e. The van der Waals surface area contributed by atoms with Crippen LogP contribution in [0.5, 0.6) is 5.75 Å². The summed E-state index contributed by atoms with van der Waals surface area (Å²) in [6, 6.07) is 3.58. The molecule has 0 saturated heterocycles. The summed E-state index contributed by atoms with van der Waals surface area (Å²) in [5, 5.41) is 2.73. The maximum atomic E-state index is 12.1. The smallest absolute Gasteiger partial charge is 0.406 e. The molecule has 0 radical (unpaired) electrons. The second-order valence-electron chi connectivity index (χ2n) is 5.90. The third-order valence-corrected chi connectivity index (χ3v) is 4.94. The quantitative estimate of drug-likeness (QED) is 0.642. The van der Waals surface area contributed by atoms with Crippen LogP contribution in [0.3, 0.4) is 0 Å². The third kappa shape index (κ3) is 7.19. The summed E-state index contributed by atoms with van der Waals surface area (Å²) in [4.78, 5) is 15.5. The highest BCUT2D eigenvalue weighted by atomic mass is 32.2. The Morgan fingerprint density at radius 1 is 1.29 bits per heavy atom. The van der Waals surface area contributed by atoms with E-state index in [1.54, 1.807) is 30.2 Å². The minimum atomic E-state index is -4.86. The van der Waals surface area contributed by atoms with E-state index < -0.39 is 22.1 Å². The molecular weight excluding hydrogens is 401 g/mol. The van der Waals surface area contributed by atoms with Crippen LogP contribution in [0.25, 0.3) is 0 Å². The molecule has 0 spiro atoms. The van der Waals surface area contributed by atoms with Crippen LogP contribution in [0, 0.1) is 0 Å². The number of amides is 1. The molecule has 8 nitrogen and oxygen atoms in total. The molecule has 0 bridgehead atoms. The fourth-order valence-electron chi connectivity index (χ4n) is 2.31. The average Bonchev–Trinajstić information content (AvgIpc) is 3.06. The van der Waals surface area contributed by atoms with Crippen LogP contribution in [0.4, 0.5) is 13.2 Å². The average molecular weight is 420 g/mol. The monoisotopic (exact) mass is 420 g/mol. The Hall–Kier alpha value is -2.60. The van der Waals surface area contributed by atoms with Crippen molar-refractivity contribution in [3.63, 3.8) is 0 Å². The van der Waals surface area contributed by atoms with Crippen molar-refractivity contribution >= 4 is 15.9 Å². The van der Waals surface area contributed by atoms with Gasteiger partial charge in [-0.1, -0.05) is 0 Å². The van der Waals surface area contributed by atoms with Crippen molar-refractivity contribution in [2.45, 2.75) is 37.2 Å². The molecule has 1 amide bonds. The number of benzene rings is 1. The Balaban J connectivity index is 1.80. The van der Waals surface area contributed by atoms with Crippen molar-refractivity contribution in [2.75, 3.05) is 6.54 Å². The standard InChI is InChI=1S/C16H19F3N4O4S/c1-12(10-23-9-8-20-11-23)22-15(24)6-7-21-28(25,26)14-4-2-13(3-5-14)27-16(17,18)19/h2-5,8-9,11-12,21H,6-7,10H2,1H3,(H,22,24). The van der Waals surface area contributed by atoms with Crippen molar-refractivity contribution in [3.8, 4) is 5.75 Å². The lowest BCUT2D eigenvalue weighted by Gasteiger charge is -2.14. The summed E-state index contributed by atoms with van der Waals surface area (Å²) in [6.07, 6.45) is 0.0263. The summed E-state index contributed by atoms with van der Waals surface area (Å²) in [5.74, 6) is -0.873. The molecule has 0 aliphatic carbocycles. The predicted octanol–water partition coefficient (Wildman–Crippen LogP) is 1.65. The molecule has 28 heavy (non-hydrogen) atoms. The molecule has 1 aromatic heterocycles. The Kier molecular flexibility index (Phi) is 7.02. The largest absolute Gasteiger partial charge is 0.573 e. The zero-order chi connectivity index (χ0) is 20.8. The number of sulfonamides is 1. The number of carbonyl (C=O) groups excluding carboxylic acids is 1. The molecule has 1 aromatic carbocycles. The second-order valence-corrected chi connectivity index (χ2v) is 7.66. The van der Waals surface area contributed by atoms with Crippen molar-refractivity contribution in [1.29, 1.82) is 0 Å². The van der Waals surface area contributed by atoms with Gasteiger partial charge in [0.15, 0.2) is 0 Å². The highest BCUT2D eigenvalue weighted by Gasteiger charge is 2.31. The maximum absolute atomic E-state index is 12.1. The normalized spacial score (nSPS) is 13.1. The molecule has 0 aliphatic heterocycles. The van der Waals surface area contributed by atoms with Crippen LogP contribution in [0.1, 0.15) is 13.3 Å². The van der Waals surface area contributed by atoms with Crippen molar-refractivity contribution in [1.82, 2.24) is 19.6 Å². The molecule has 2 aromatic rings. The summed E-state index contributed by atoms with van der Waals surface area (Å²) < 4.78 is 68.3. The molecule has 12 heteroatoms. The number of nitrogens with zero attached hydrogens (tertiary/aromatic N) is 2. The molecule has 2 N–H and O–H groups in total. The van der Waals surface area contributed by atoms with Gasteiger partial charge in [-0.15, -0.1) is 13.2 Å². The lowest BCUT2D eigenvalue weighted by atomic mass is 10.3. The van der Waals surface area contributed by atoms with Gasteiger partial charge in [0.05, 0.1) is 11.2 Å². The number of imidazole rings is 1. The fraction of sp³-hybridized carbons (Fsp3) is 0.375. The van der Waals surface area contributed by atoms with Gasteiger partial charge >= 0.3 is 6.36 Å². The summed E-state index contributed by atoms with van der Waals surface area (Å²) in [6.45, 7) is 2.16. The molecular formula is C16H19F3N4O4S. The summed E-state index contributed by atoms with van der Waals surface area (Å²) in [7, 11) is -3.97. The van der Waals surface area contributed by atoms with E-state index in [4.69, 9.17) is 0 Å². The Bertz CT molecular complexity index is 868. The minimum Gasteiger partial charge on any atom is -0.406 e. The highest BCUT2D eigenvalue weighted by molar-refractivity contribution is 7.89. The highest BCUT2D eigenvalue weighted by Crippen LogP contribution is 2.23. The molecule has 1 unspecified atom stereocenters. The van der Waals surface area contributed by atoms with E-state index in [0.717, 1.165) is 24.3 Å². The first kappa shape index (κ1) is 21.7. The van der Waals surface area contributed by atoms with Crippen LogP contribution in [-0.2, 0) is 21.4 Å². The van der Waals surface area contributed by atoms with Gasteiger partial charge < -0.3 is 14.6 Å². The van der Waals surface area contributed by atoms with E-state index in [-0.39, 0.29) is 29.8 Å². The molecule has 1 atom stereocenters. The van der Waals surface area contributed by atoms with Gasteiger partial charge in [-0.25, -0.2) is 18.1 Å². The number of hydrogen-bond donors (Lipinski definition) is 2. The van der Waals surface area contributed by atoms with Crippen LogP contribution < -0.4 is 14.8 Å². The Morgan fingerprint density at radius 3 is 2.54 bits per heavy atom. The minimum absolute atomic E-state index is 0.0945. The first-order valence-electron chi connectivity index (χ1n) is 8.16. The first-order valence-corrected chi connectivity index (χ1v) is 9.64. The van der Waals surface area contributed by atoms with Crippen LogP contribution in [0.2, 0.25) is 0 Å². The second kappa shape index (κ2) is 9.06. The van der Waals surface area contributed by atoms with E-state index >= 15 is 0 Å². The number of hydrogen-bond acceptors (Lipinski definition) is 5. The summed E-state index contributed by atoms with van der Waals surface area (Å²) >= 11 is 0. The molecule has 0 fully saturated rings. The number of carbonyl (C=O) groups is 1. The van der Waals surface area contributed by atoms with Crippen molar-refractivity contribution < 1.29 is 31.1 Å². The van der Waals surface area contributed by atoms with Crippen molar-refractivity contribution in [3.05, 3.63) is 43.0 Å².